The Kier molecular flexibility index (Phi) is 33.4. The van der Waals surface area contributed by atoms with Gasteiger partial charge in [-0.1, -0.05) is 157 Å². The minimum atomic E-state index is -2.39. The lowest BCUT2D eigenvalue weighted by atomic mass is 9.94. The van der Waals surface area contributed by atoms with Crippen LogP contribution in [0.5, 0.6) is 0 Å². The molecule has 3 nitrogen and oxygen atoms in total. The van der Waals surface area contributed by atoms with Crippen molar-refractivity contribution in [3.63, 3.8) is 0 Å². The fourth-order valence-electron chi connectivity index (χ4n) is 8.98. The van der Waals surface area contributed by atoms with Crippen LogP contribution in [0.2, 0.25) is 6.04 Å². The van der Waals surface area contributed by atoms with Crippen LogP contribution in [0.15, 0.2) is 65.8 Å². The highest BCUT2D eigenvalue weighted by Gasteiger charge is 2.36. The number of thioether (sulfide) groups is 6. The maximum atomic E-state index is 5.56. The smallest absolute Gasteiger partial charge is 0.377 e. The van der Waals surface area contributed by atoms with Gasteiger partial charge in [0, 0.05) is 56.7 Å². The van der Waals surface area contributed by atoms with Crippen molar-refractivity contribution in [2.45, 2.75) is 237 Å². The van der Waals surface area contributed by atoms with E-state index in [2.05, 4.69) is 142 Å². The molecule has 10 heteroatoms. The van der Waals surface area contributed by atoms with Gasteiger partial charge >= 0.3 is 8.80 Å². The summed E-state index contributed by atoms with van der Waals surface area (Å²) in [7, 11) is 2.76. The van der Waals surface area contributed by atoms with E-state index in [9.17, 15) is 0 Å². The molecule has 0 bridgehead atoms. The predicted molar refractivity (Wildman–Crippen MR) is 323 cm³/mol. The van der Waals surface area contributed by atoms with Crippen LogP contribution in [0.25, 0.3) is 32.3 Å². The molecule has 0 saturated heterocycles. The molecule has 0 aromatic heterocycles. The highest BCUT2D eigenvalue weighted by atomic mass is 32.2. The van der Waals surface area contributed by atoms with Crippen molar-refractivity contribution in [2.75, 3.05) is 55.8 Å². The third-order valence-corrected chi connectivity index (χ3v) is 23.5. The van der Waals surface area contributed by atoms with E-state index in [-0.39, 0.29) is 0 Å². The van der Waals surface area contributed by atoms with Gasteiger partial charge in [-0.2, -0.15) is 0 Å². The van der Waals surface area contributed by atoms with E-state index in [0.29, 0.717) is 0 Å². The molecule has 0 fully saturated rings. The van der Waals surface area contributed by atoms with Crippen LogP contribution in [0.1, 0.15) is 202 Å². The zero-order chi connectivity index (χ0) is 49.4. The van der Waals surface area contributed by atoms with E-state index in [1.165, 1.54) is 257 Å². The number of rotatable bonds is 43. The molecule has 0 aliphatic carbocycles. The van der Waals surface area contributed by atoms with Gasteiger partial charge < -0.3 is 13.3 Å². The molecule has 0 atom stereocenters. The molecule has 4 aromatic carbocycles. The summed E-state index contributed by atoms with van der Waals surface area (Å²) in [6, 6.07) is 16.7. The first kappa shape index (κ1) is 61.4. The maximum absolute atomic E-state index is 5.56. The molecule has 4 aromatic rings. The Hall–Kier alpha value is -0.143. The Balaban J connectivity index is 1.43. The lowest BCUT2D eigenvalue weighted by molar-refractivity contribution is 0.122. The van der Waals surface area contributed by atoms with Crippen LogP contribution in [0.4, 0.5) is 0 Å². The second-order valence-corrected chi connectivity index (χ2v) is 29.0. The fraction of sp³-hybridized carbons (Fsp3) is 0.695. The standard InChI is InChI=1S/C59H96O3S6Si/c1-9-14-35-63-54-42-48-49-43-55(64-36-15-10-2)57(66-38-17-12-4)45-51(49)53-47-59(58(67-39-18-13-5)46-52(53)50(48)44-56(54)65-37-16-11-3)68-40-33-31-29-27-25-23-21-19-20-22-24-26-28-30-32-34-41-69(60-6,61-7)62-8/h42-47H,9-41H2,1-8H3. The van der Waals surface area contributed by atoms with E-state index in [4.69, 9.17) is 13.3 Å². The van der Waals surface area contributed by atoms with Crippen LogP contribution in [-0.4, -0.2) is 64.7 Å². The lowest BCUT2D eigenvalue weighted by Crippen LogP contribution is -2.42. The van der Waals surface area contributed by atoms with Gasteiger partial charge in [0.1, 0.15) is 0 Å². The minimum absolute atomic E-state index is 0.926. The number of unbranched alkanes of at least 4 members (excludes halogenated alkanes) is 20. The molecule has 69 heavy (non-hydrogen) atoms. The molecular weight excluding hydrogens is 977 g/mol. The topological polar surface area (TPSA) is 27.7 Å². The highest BCUT2D eigenvalue weighted by molar-refractivity contribution is 8.03. The quantitative estimate of drug-likeness (QED) is 0.0186. The van der Waals surface area contributed by atoms with Crippen LogP contribution >= 0.6 is 70.6 Å². The monoisotopic (exact) mass is 1070 g/mol. The molecule has 0 spiro atoms. The summed E-state index contributed by atoms with van der Waals surface area (Å²) in [6.07, 6.45) is 34.3. The largest absolute Gasteiger partial charge is 0.500 e. The Morgan fingerprint density at radius 2 is 0.464 bits per heavy atom. The van der Waals surface area contributed by atoms with E-state index >= 15 is 0 Å². The second kappa shape index (κ2) is 37.6. The van der Waals surface area contributed by atoms with Crippen molar-refractivity contribution in [3.05, 3.63) is 36.4 Å². The predicted octanol–water partition coefficient (Wildman–Crippen LogP) is 21.8. The second-order valence-electron chi connectivity index (χ2n) is 19.1. The average Bonchev–Trinajstić information content (AvgIpc) is 3.36. The first-order valence-corrected chi connectivity index (χ1v) is 35.7. The van der Waals surface area contributed by atoms with E-state index in [0.717, 1.165) is 12.5 Å². The highest BCUT2D eigenvalue weighted by Crippen LogP contribution is 2.47. The van der Waals surface area contributed by atoms with Crippen LogP contribution < -0.4 is 0 Å². The molecule has 0 heterocycles. The van der Waals surface area contributed by atoms with Crippen molar-refractivity contribution < 1.29 is 13.3 Å². The molecule has 0 N–H and O–H groups in total. The van der Waals surface area contributed by atoms with Gasteiger partial charge in [-0.3, -0.25) is 0 Å². The van der Waals surface area contributed by atoms with Gasteiger partial charge in [0.2, 0.25) is 0 Å². The van der Waals surface area contributed by atoms with Gasteiger partial charge in [-0.05, 0) is 148 Å². The SMILES string of the molecule is CCCCSc1cc2c3cc(SCCCC)c(SCCCC)cc3c3cc(SCCCCCCCCCCCCCCCCCC[Si](OC)(OC)OC)c(SCCCC)cc3c2cc1SCCCC. The van der Waals surface area contributed by atoms with Crippen molar-refractivity contribution in [2.24, 2.45) is 0 Å². The molecule has 4 rings (SSSR count). The van der Waals surface area contributed by atoms with Gasteiger partial charge in [0.25, 0.3) is 0 Å². The summed E-state index contributed by atoms with van der Waals surface area (Å²) in [6.45, 7) is 11.6. The average molecular weight is 1070 g/mol. The van der Waals surface area contributed by atoms with Crippen LogP contribution in [0.3, 0.4) is 0 Å². The Morgan fingerprint density at radius 1 is 0.275 bits per heavy atom. The van der Waals surface area contributed by atoms with Gasteiger partial charge in [0.15, 0.2) is 0 Å². The number of hydrogen-bond donors (Lipinski definition) is 0. The Labute approximate surface area is 450 Å². The molecule has 390 valence electrons. The summed E-state index contributed by atoms with van der Waals surface area (Å²) in [5, 5.41) is 8.76. The van der Waals surface area contributed by atoms with E-state index in [1.54, 1.807) is 21.3 Å². The lowest BCUT2D eigenvalue weighted by Gasteiger charge is -2.24. The number of hydrogen-bond acceptors (Lipinski definition) is 9. The summed E-state index contributed by atoms with van der Waals surface area (Å²) in [5.74, 6) is 7.17. The zero-order valence-corrected chi connectivity index (χ0v) is 50.9. The minimum Gasteiger partial charge on any atom is -0.377 e. The van der Waals surface area contributed by atoms with E-state index in [1.807, 2.05) is 0 Å². The zero-order valence-electron chi connectivity index (χ0n) is 45.0. The first-order valence-electron chi connectivity index (χ1n) is 27.9. The first-order chi connectivity index (χ1) is 33.9. The van der Waals surface area contributed by atoms with Gasteiger partial charge in [0.05, 0.1) is 0 Å². The van der Waals surface area contributed by atoms with Crippen LogP contribution in [0, 0.1) is 0 Å². The maximum Gasteiger partial charge on any atom is 0.500 e. The molecule has 0 amide bonds. The number of benzene rings is 4. The number of fused-ring (bicyclic) bond motifs is 6. The Bertz CT molecular complexity index is 1940. The summed E-state index contributed by atoms with van der Waals surface area (Å²) >= 11 is 12.7. The van der Waals surface area contributed by atoms with Gasteiger partial charge in [-0.15, -0.1) is 70.6 Å². The molecule has 0 unspecified atom stereocenters. The molecular formula is C59H96O3S6Si. The van der Waals surface area contributed by atoms with Crippen LogP contribution in [-0.2, 0) is 13.3 Å². The molecule has 0 aliphatic rings. The van der Waals surface area contributed by atoms with Crippen molar-refractivity contribution in [3.8, 4) is 0 Å². The van der Waals surface area contributed by atoms with Crippen molar-refractivity contribution in [1.29, 1.82) is 0 Å². The Morgan fingerprint density at radius 3 is 0.667 bits per heavy atom. The normalized spacial score (nSPS) is 12.2. The third-order valence-electron chi connectivity index (χ3n) is 13.5. The molecule has 0 aliphatic heterocycles. The fourth-order valence-corrected chi connectivity index (χ4v) is 18.1. The summed E-state index contributed by atoms with van der Waals surface area (Å²) in [5.41, 5.74) is 0. The third kappa shape index (κ3) is 21.6. The van der Waals surface area contributed by atoms with E-state index < -0.39 is 8.80 Å². The summed E-state index contributed by atoms with van der Waals surface area (Å²) in [4.78, 5) is 8.99. The van der Waals surface area contributed by atoms with Crippen molar-refractivity contribution in [1.82, 2.24) is 0 Å². The molecule has 0 saturated carbocycles. The summed E-state index contributed by atoms with van der Waals surface area (Å²) < 4.78 is 16.7. The molecule has 0 radical (unpaired) electrons. The van der Waals surface area contributed by atoms with Crippen molar-refractivity contribution >= 4 is 112 Å². The van der Waals surface area contributed by atoms with Gasteiger partial charge in [-0.25, -0.2) is 0 Å².